The number of para-hydroxylation sites is 2. The zero-order chi connectivity index (χ0) is 27.4. The first-order valence-electron chi connectivity index (χ1n) is 13.9. The SMILES string of the molecule is CC.CC.CC.Cc1nc(N2CCN(C(C)(C)c3cnn(-c4ccccc4)c3)CC2)c2ccccc2n1. The van der Waals surface area contributed by atoms with Crippen LogP contribution in [0, 0.1) is 6.92 Å². The van der Waals surface area contributed by atoms with Gasteiger partial charge in [0.05, 0.1) is 17.4 Å². The molecule has 1 aliphatic heterocycles. The van der Waals surface area contributed by atoms with E-state index in [0.717, 1.165) is 54.4 Å². The molecule has 4 aromatic rings. The number of hydrogen-bond acceptors (Lipinski definition) is 5. The molecular formula is C31H46N6. The third kappa shape index (κ3) is 6.95. The number of hydrogen-bond donors (Lipinski definition) is 0. The molecule has 0 aliphatic carbocycles. The van der Waals surface area contributed by atoms with Crippen molar-refractivity contribution in [3.05, 3.63) is 78.4 Å². The molecule has 2 aromatic heterocycles. The lowest BCUT2D eigenvalue weighted by Gasteiger charge is -2.44. The van der Waals surface area contributed by atoms with Gasteiger partial charge in [-0.25, -0.2) is 14.6 Å². The molecule has 3 heterocycles. The number of aromatic nitrogens is 4. The van der Waals surface area contributed by atoms with Crippen molar-refractivity contribution < 1.29 is 0 Å². The Morgan fingerprint density at radius 2 is 1.32 bits per heavy atom. The first-order chi connectivity index (χ1) is 18.0. The van der Waals surface area contributed by atoms with Gasteiger partial charge in [0, 0.05) is 48.9 Å². The Labute approximate surface area is 224 Å². The molecule has 0 N–H and O–H groups in total. The molecule has 1 aliphatic rings. The van der Waals surface area contributed by atoms with Crippen LogP contribution in [0.1, 0.15) is 66.8 Å². The van der Waals surface area contributed by atoms with Crippen molar-refractivity contribution in [3.8, 4) is 5.69 Å². The fraction of sp³-hybridized carbons (Fsp3) is 0.452. The van der Waals surface area contributed by atoms with Gasteiger partial charge in [-0.15, -0.1) is 0 Å². The number of piperazine rings is 1. The Balaban J connectivity index is 0.000000750. The van der Waals surface area contributed by atoms with E-state index < -0.39 is 0 Å². The lowest BCUT2D eigenvalue weighted by molar-refractivity contribution is 0.111. The first-order valence-corrected chi connectivity index (χ1v) is 13.9. The highest BCUT2D eigenvalue weighted by Gasteiger charge is 2.33. The van der Waals surface area contributed by atoms with Gasteiger partial charge in [0.2, 0.25) is 0 Å². The Hall–Kier alpha value is -3.25. The summed E-state index contributed by atoms with van der Waals surface area (Å²) in [5, 5.41) is 5.75. The van der Waals surface area contributed by atoms with Gasteiger partial charge in [0.25, 0.3) is 0 Å². The van der Waals surface area contributed by atoms with E-state index in [0.29, 0.717) is 0 Å². The second-order valence-corrected chi connectivity index (χ2v) is 8.65. The van der Waals surface area contributed by atoms with E-state index in [1.165, 1.54) is 5.56 Å². The second-order valence-electron chi connectivity index (χ2n) is 8.65. The monoisotopic (exact) mass is 502 g/mol. The van der Waals surface area contributed by atoms with Gasteiger partial charge >= 0.3 is 0 Å². The van der Waals surface area contributed by atoms with Gasteiger partial charge in [0.1, 0.15) is 11.6 Å². The van der Waals surface area contributed by atoms with Crippen LogP contribution in [-0.4, -0.2) is 50.8 Å². The highest BCUT2D eigenvalue weighted by atomic mass is 15.3. The summed E-state index contributed by atoms with van der Waals surface area (Å²) >= 11 is 0. The van der Waals surface area contributed by atoms with Crippen LogP contribution in [0.5, 0.6) is 0 Å². The van der Waals surface area contributed by atoms with E-state index in [2.05, 4.69) is 70.3 Å². The van der Waals surface area contributed by atoms with Crippen molar-refractivity contribution in [1.82, 2.24) is 24.6 Å². The molecule has 200 valence electrons. The average Bonchev–Trinajstić information content (AvgIpc) is 3.48. The van der Waals surface area contributed by atoms with Crippen LogP contribution in [0.2, 0.25) is 0 Å². The zero-order valence-corrected chi connectivity index (χ0v) is 24.4. The standard InChI is InChI=1S/C25H28N6.3C2H6/c1-19-27-23-12-8-7-11-22(23)24(28-19)29-13-15-30(16-14-29)25(2,3)20-17-26-31(18-20)21-9-5-4-6-10-21;3*1-2/h4-12,17-18H,13-16H2,1-3H3;3*1-2H3. The number of nitrogens with zero attached hydrogens (tertiary/aromatic N) is 6. The van der Waals surface area contributed by atoms with E-state index in [4.69, 9.17) is 4.98 Å². The Bertz CT molecular complexity index is 1190. The minimum atomic E-state index is -0.0945. The van der Waals surface area contributed by atoms with Crippen LogP contribution in [0.15, 0.2) is 67.0 Å². The van der Waals surface area contributed by atoms with Crippen LogP contribution in [-0.2, 0) is 5.54 Å². The molecule has 1 saturated heterocycles. The smallest absolute Gasteiger partial charge is 0.140 e. The quantitative estimate of drug-likeness (QED) is 0.294. The maximum atomic E-state index is 4.79. The van der Waals surface area contributed by atoms with Crippen LogP contribution in [0.4, 0.5) is 5.82 Å². The zero-order valence-electron chi connectivity index (χ0n) is 24.4. The van der Waals surface area contributed by atoms with Gasteiger partial charge in [-0.3, -0.25) is 4.90 Å². The van der Waals surface area contributed by atoms with E-state index in [1.54, 1.807) is 0 Å². The molecule has 0 radical (unpaired) electrons. The molecule has 5 rings (SSSR count). The summed E-state index contributed by atoms with van der Waals surface area (Å²) in [6.45, 7) is 22.4. The van der Waals surface area contributed by atoms with Crippen molar-refractivity contribution in [1.29, 1.82) is 0 Å². The molecule has 0 saturated carbocycles. The van der Waals surface area contributed by atoms with Gasteiger partial charge in [-0.1, -0.05) is 71.9 Å². The fourth-order valence-corrected chi connectivity index (χ4v) is 4.43. The Morgan fingerprint density at radius 1 is 0.730 bits per heavy atom. The number of fused-ring (bicyclic) bond motifs is 1. The summed E-state index contributed by atoms with van der Waals surface area (Å²) in [6, 6.07) is 18.6. The highest BCUT2D eigenvalue weighted by molar-refractivity contribution is 5.89. The van der Waals surface area contributed by atoms with Crippen molar-refractivity contribution in [2.24, 2.45) is 0 Å². The minimum Gasteiger partial charge on any atom is -0.353 e. The van der Waals surface area contributed by atoms with Crippen molar-refractivity contribution in [3.63, 3.8) is 0 Å². The lowest BCUT2D eigenvalue weighted by atomic mass is 9.94. The largest absolute Gasteiger partial charge is 0.353 e. The van der Waals surface area contributed by atoms with Gasteiger partial charge in [-0.2, -0.15) is 5.10 Å². The number of anilines is 1. The lowest BCUT2D eigenvalue weighted by Crippen LogP contribution is -2.53. The molecule has 0 atom stereocenters. The van der Waals surface area contributed by atoms with Crippen LogP contribution >= 0.6 is 0 Å². The van der Waals surface area contributed by atoms with Crippen molar-refractivity contribution in [2.75, 3.05) is 31.1 Å². The third-order valence-corrected chi connectivity index (χ3v) is 6.37. The van der Waals surface area contributed by atoms with E-state index in [9.17, 15) is 0 Å². The molecule has 6 nitrogen and oxygen atoms in total. The molecule has 0 bridgehead atoms. The predicted molar refractivity (Wildman–Crippen MR) is 159 cm³/mol. The molecule has 0 unspecified atom stereocenters. The summed E-state index contributed by atoms with van der Waals surface area (Å²) in [7, 11) is 0. The first kappa shape index (κ1) is 30.0. The number of aryl methyl sites for hydroxylation is 1. The van der Waals surface area contributed by atoms with E-state index >= 15 is 0 Å². The number of benzene rings is 2. The van der Waals surface area contributed by atoms with E-state index in [-0.39, 0.29) is 5.54 Å². The van der Waals surface area contributed by atoms with Crippen molar-refractivity contribution in [2.45, 2.75) is 67.9 Å². The van der Waals surface area contributed by atoms with Gasteiger partial charge in [0.15, 0.2) is 0 Å². The Kier molecular flexibility index (Phi) is 11.7. The third-order valence-electron chi connectivity index (χ3n) is 6.37. The minimum absolute atomic E-state index is 0.0945. The molecule has 6 heteroatoms. The summed E-state index contributed by atoms with van der Waals surface area (Å²) < 4.78 is 1.96. The second kappa shape index (κ2) is 14.5. The van der Waals surface area contributed by atoms with Gasteiger partial charge in [-0.05, 0) is 45.0 Å². The molecule has 0 spiro atoms. The number of rotatable bonds is 4. The normalized spacial score (nSPS) is 13.5. The maximum absolute atomic E-state index is 4.79. The summed E-state index contributed by atoms with van der Waals surface area (Å²) in [6.07, 6.45) is 4.16. The molecule has 2 aromatic carbocycles. The average molecular weight is 503 g/mol. The van der Waals surface area contributed by atoms with Gasteiger partial charge < -0.3 is 4.90 Å². The molecule has 1 fully saturated rings. The van der Waals surface area contributed by atoms with Crippen LogP contribution in [0.25, 0.3) is 16.6 Å². The topological polar surface area (TPSA) is 50.1 Å². The molecule has 37 heavy (non-hydrogen) atoms. The fourth-order valence-electron chi connectivity index (χ4n) is 4.43. The summed E-state index contributed by atoms with van der Waals surface area (Å²) in [5.41, 5.74) is 3.23. The Morgan fingerprint density at radius 3 is 1.97 bits per heavy atom. The maximum Gasteiger partial charge on any atom is 0.140 e. The summed E-state index contributed by atoms with van der Waals surface area (Å²) in [4.78, 5) is 14.3. The van der Waals surface area contributed by atoms with E-state index in [1.807, 2.05) is 83.6 Å². The van der Waals surface area contributed by atoms with Crippen LogP contribution < -0.4 is 4.90 Å². The summed E-state index contributed by atoms with van der Waals surface area (Å²) in [5.74, 6) is 1.88. The predicted octanol–water partition coefficient (Wildman–Crippen LogP) is 7.26. The molecular weight excluding hydrogens is 456 g/mol. The molecule has 0 amide bonds. The highest BCUT2D eigenvalue weighted by Crippen LogP contribution is 2.31. The van der Waals surface area contributed by atoms with Crippen molar-refractivity contribution >= 4 is 16.7 Å². The van der Waals surface area contributed by atoms with Crippen LogP contribution in [0.3, 0.4) is 0 Å².